The van der Waals surface area contributed by atoms with Gasteiger partial charge in [0.2, 0.25) is 11.8 Å². The zero-order chi connectivity index (χ0) is 28.2. The molecule has 2 aromatic heterocycles. The van der Waals surface area contributed by atoms with Crippen molar-refractivity contribution in [2.45, 2.75) is 63.4 Å². The van der Waals surface area contributed by atoms with Gasteiger partial charge in [0.25, 0.3) is 0 Å². The molecule has 14 nitrogen and oxygen atoms in total. The number of hydrogen-bond donors (Lipinski definition) is 1. The number of nitrogen functional groups attached to an aromatic ring is 1. The number of phosphoric acid groups is 1. The smallest absolute Gasteiger partial charge is 0.473 e. The van der Waals surface area contributed by atoms with Gasteiger partial charge in [0, 0.05) is 11.4 Å². The Morgan fingerprint density at radius 1 is 1.32 bits per heavy atom. The summed E-state index contributed by atoms with van der Waals surface area (Å²) in [6.07, 6.45) is -2.49. The molecule has 0 radical (unpaired) electrons. The number of imidazole rings is 1. The topological polar surface area (TPSA) is 168 Å². The highest BCUT2D eigenvalue weighted by Crippen LogP contribution is 2.58. The molecule has 3 fully saturated rings. The Kier molecular flexibility index (Phi) is 6.88. The van der Waals surface area contributed by atoms with Crippen molar-refractivity contribution in [3.8, 4) is 5.88 Å². The number of anilines is 1. The van der Waals surface area contributed by atoms with Crippen molar-refractivity contribution in [1.82, 2.24) is 19.5 Å². The number of fused-ring (bicyclic) bond motifs is 2. The Morgan fingerprint density at radius 3 is 2.92 bits per heavy atom. The van der Waals surface area contributed by atoms with Gasteiger partial charge >= 0.3 is 14.0 Å². The van der Waals surface area contributed by atoms with Gasteiger partial charge in [-0.1, -0.05) is 23.7 Å². The van der Waals surface area contributed by atoms with Gasteiger partial charge < -0.3 is 24.7 Å². The van der Waals surface area contributed by atoms with Crippen LogP contribution in [0.3, 0.4) is 0 Å². The number of hydrogen-bond acceptors (Lipinski definition) is 13. The summed E-state index contributed by atoms with van der Waals surface area (Å²) in [5.74, 6) is 0.164. The molecule has 1 aromatic carbocycles. The molecular formula is C24H27ClN5O9P. The lowest BCUT2D eigenvalue weighted by atomic mass is 9.96. The van der Waals surface area contributed by atoms with E-state index in [1.807, 2.05) is 19.9 Å². The zero-order valence-electron chi connectivity index (χ0n) is 21.8. The van der Waals surface area contributed by atoms with Crippen molar-refractivity contribution < 1.29 is 41.9 Å². The van der Waals surface area contributed by atoms with E-state index in [4.69, 9.17) is 49.9 Å². The van der Waals surface area contributed by atoms with Crippen molar-refractivity contribution in [2.24, 2.45) is 0 Å². The molecule has 1 unspecified atom stereocenters. The van der Waals surface area contributed by atoms with Crippen LogP contribution >= 0.6 is 19.4 Å². The number of phosphoric ester groups is 1. The number of carbonyl (C=O) groups is 1. The van der Waals surface area contributed by atoms with E-state index in [1.54, 1.807) is 29.7 Å². The Morgan fingerprint density at radius 2 is 2.15 bits per heavy atom. The first-order chi connectivity index (χ1) is 19.0. The predicted molar refractivity (Wildman–Crippen MR) is 139 cm³/mol. The Hall–Kier alpha value is -3.00. The monoisotopic (exact) mass is 595 g/mol. The molecule has 0 saturated carbocycles. The first-order valence-electron chi connectivity index (χ1n) is 12.6. The summed E-state index contributed by atoms with van der Waals surface area (Å²) in [7, 11) is -4.00. The van der Waals surface area contributed by atoms with E-state index in [0.717, 1.165) is 5.56 Å². The molecule has 3 aliphatic rings. The molecule has 3 saturated heterocycles. The average Bonchev–Trinajstić information content (AvgIpc) is 3.51. The van der Waals surface area contributed by atoms with Crippen molar-refractivity contribution in [3.05, 3.63) is 41.2 Å². The number of ether oxygens (including phenoxy) is 4. The second-order valence-electron chi connectivity index (χ2n) is 9.99. The minimum Gasteiger partial charge on any atom is -0.473 e. The molecule has 16 heteroatoms. The van der Waals surface area contributed by atoms with Crippen molar-refractivity contribution in [2.75, 3.05) is 18.9 Å². The van der Waals surface area contributed by atoms with E-state index in [2.05, 4.69) is 15.0 Å². The maximum atomic E-state index is 13.4. The van der Waals surface area contributed by atoms with Crippen LogP contribution in [0.5, 0.6) is 5.88 Å². The zero-order valence-corrected chi connectivity index (χ0v) is 23.4. The number of aromatic nitrogens is 4. The number of rotatable bonds is 7. The Balaban J connectivity index is 1.24. The fraction of sp³-hybridized carbons (Fsp3) is 0.500. The van der Waals surface area contributed by atoms with Crippen molar-refractivity contribution in [1.29, 1.82) is 0 Å². The van der Waals surface area contributed by atoms with Crippen LogP contribution in [0, 0.1) is 0 Å². The van der Waals surface area contributed by atoms with Gasteiger partial charge in [-0.25, -0.2) is 14.3 Å². The molecule has 2 N–H and O–H groups in total. The fourth-order valence-corrected chi connectivity index (χ4v) is 6.61. The van der Waals surface area contributed by atoms with Gasteiger partial charge in [-0.15, -0.1) is 0 Å². The third-order valence-corrected chi connectivity index (χ3v) is 8.44. The normalized spacial score (nSPS) is 31.8. The summed E-state index contributed by atoms with van der Waals surface area (Å²) in [5.41, 5.74) is 6.02. The van der Waals surface area contributed by atoms with E-state index in [1.165, 1.54) is 6.33 Å². The van der Waals surface area contributed by atoms with Gasteiger partial charge in [-0.3, -0.25) is 18.1 Å². The average molecular weight is 596 g/mol. The Bertz CT molecular complexity index is 1500. The van der Waals surface area contributed by atoms with Crippen LogP contribution in [0.25, 0.3) is 11.2 Å². The lowest BCUT2D eigenvalue weighted by molar-refractivity contribution is -0.0925. The molecule has 40 heavy (non-hydrogen) atoms. The second kappa shape index (κ2) is 10.1. The van der Waals surface area contributed by atoms with E-state index in [9.17, 15) is 9.36 Å². The summed E-state index contributed by atoms with van der Waals surface area (Å²) >= 11 is 6.11. The number of carbonyl (C=O) groups excluding carboxylic acids is 1. The molecule has 3 aromatic rings. The third-order valence-electron chi connectivity index (χ3n) is 6.73. The molecule has 3 aliphatic heterocycles. The largest absolute Gasteiger partial charge is 0.509 e. The van der Waals surface area contributed by atoms with Gasteiger partial charge in [0.05, 0.1) is 31.7 Å². The van der Waals surface area contributed by atoms with Gasteiger partial charge in [-0.2, -0.15) is 9.97 Å². The number of halogens is 1. The highest BCUT2D eigenvalue weighted by molar-refractivity contribution is 7.48. The minimum atomic E-state index is -4.00. The van der Waals surface area contributed by atoms with Crippen LogP contribution in [-0.2, 0) is 32.3 Å². The maximum absolute atomic E-state index is 13.4. The van der Waals surface area contributed by atoms with E-state index < -0.39 is 44.1 Å². The molecule has 6 rings (SSSR count). The fourth-order valence-electron chi connectivity index (χ4n) is 5.02. The molecule has 0 aliphatic carbocycles. The maximum Gasteiger partial charge on any atom is 0.509 e. The predicted octanol–water partition coefficient (Wildman–Crippen LogP) is 4.34. The summed E-state index contributed by atoms with van der Waals surface area (Å²) in [6.45, 7) is 5.19. The highest BCUT2D eigenvalue weighted by Gasteiger charge is 2.64. The van der Waals surface area contributed by atoms with Crippen LogP contribution < -0.4 is 10.5 Å². The summed E-state index contributed by atoms with van der Waals surface area (Å²) in [4.78, 5) is 25.1. The molecule has 5 heterocycles. The van der Waals surface area contributed by atoms with Crippen LogP contribution in [0.15, 0.2) is 30.6 Å². The lowest BCUT2D eigenvalue weighted by Crippen LogP contribution is -2.42. The van der Waals surface area contributed by atoms with E-state index >= 15 is 0 Å². The van der Waals surface area contributed by atoms with E-state index in [-0.39, 0.29) is 31.1 Å². The van der Waals surface area contributed by atoms with Crippen molar-refractivity contribution >= 4 is 42.7 Å². The second-order valence-corrected chi connectivity index (χ2v) is 12.1. The van der Waals surface area contributed by atoms with Crippen LogP contribution in [0.1, 0.15) is 45.1 Å². The number of nitrogens with two attached hydrogens (primary N) is 1. The van der Waals surface area contributed by atoms with Crippen LogP contribution in [0.4, 0.5) is 10.7 Å². The summed E-state index contributed by atoms with van der Waals surface area (Å²) in [6, 6.07) is 7.07. The lowest BCUT2D eigenvalue weighted by Gasteiger charge is -2.30. The summed E-state index contributed by atoms with van der Waals surface area (Å²) in [5, 5.41) is 0.526. The molecule has 0 amide bonds. The quantitative estimate of drug-likeness (QED) is 0.302. The first-order valence-corrected chi connectivity index (χ1v) is 14.4. The van der Waals surface area contributed by atoms with E-state index in [0.29, 0.717) is 22.6 Å². The van der Waals surface area contributed by atoms with Gasteiger partial charge in [0.15, 0.2) is 29.1 Å². The van der Waals surface area contributed by atoms with Crippen molar-refractivity contribution in [3.63, 3.8) is 0 Å². The minimum absolute atomic E-state index is 0.0388. The third kappa shape index (κ3) is 4.89. The van der Waals surface area contributed by atoms with Crippen LogP contribution in [0.2, 0.25) is 5.02 Å². The van der Waals surface area contributed by atoms with Gasteiger partial charge in [0.1, 0.15) is 6.10 Å². The highest BCUT2D eigenvalue weighted by atomic mass is 35.5. The molecule has 0 spiro atoms. The van der Waals surface area contributed by atoms with Gasteiger partial charge in [-0.05, 0) is 38.5 Å². The molecular weight excluding hydrogens is 569 g/mol. The molecule has 214 valence electrons. The summed E-state index contributed by atoms with van der Waals surface area (Å²) < 4.78 is 54.8. The number of benzene rings is 1. The SMILES string of the molecule is CC(C)Oc1nc(N)nc2c1ncn2[C@@H]1O[C@H](COP2(=O)OCC[C@@H](c3cccc(Cl)c3)O2)[C@H]2OC(=O)O[C@]21C. The Labute approximate surface area is 233 Å². The number of nitrogens with zero attached hydrogens (tertiary/aromatic N) is 4. The molecule has 0 bridgehead atoms. The molecule has 6 atom stereocenters. The first kappa shape index (κ1) is 27.2. The van der Waals surface area contributed by atoms with Crippen LogP contribution in [-0.4, -0.2) is 62.8 Å². The standard InChI is InChI=1S/C24H27ClN5O9P/c1-12(2)35-20-17-19(28-22(26)29-20)30(11-27-17)21-24(3)18(37-23(31)38-24)16(36-21)10-34-40(32)33-8-7-15(39-40)13-5-4-6-14(25)9-13/h4-6,9,11-12,15-16,18,21H,7-8,10H2,1-3H3,(H2,26,28,29)/t15-,16+,18+,21+,24+,40?/m0/s1.